The van der Waals surface area contributed by atoms with Crippen LogP contribution >= 0.6 is 11.6 Å². The first-order chi connectivity index (χ1) is 7.20. The molecule has 3 nitrogen and oxygen atoms in total. The lowest BCUT2D eigenvalue weighted by Gasteiger charge is -2.10. The second-order valence-electron chi connectivity index (χ2n) is 4.07. The molecule has 1 aliphatic carbocycles. The van der Waals surface area contributed by atoms with E-state index >= 15 is 0 Å². The van der Waals surface area contributed by atoms with Gasteiger partial charge in [-0.1, -0.05) is 31.4 Å². The molecule has 0 radical (unpaired) electrons. The number of rotatable bonds is 4. The van der Waals surface area contributed by atoms with Crippen molar-refractivity contribution < 1.29 is 0 Å². The van der Waals surface area contributed by atoms with Crippen LogP contribution in [0.15, 0.2) is 10.9 Å². The van der Waals surface area contributed by atoms with E-state index < -0.39 is 0 Å². The number of nitrogens with zero attached hydrogens (tertiary/aromatic N) is 2. The van der Waals surface area contributed by atoms with Crippen LogP contribution in [-0.2, 0) is 13.0 Å². The van der Waals surface area contributed by atoms with Crippen LogP contribution in [0.2, 0.25) is 5.15 Å². The fourth-order valence-corrected chi connectivity index (χ4v) is 1.94. The Hall–Kier alpha value is -0.830. The molecule has 1 saturated carbocycles. The van der Waals surface area contributed by atoms with Gasteiger partial charge in [-0.15, -0.1) is 0 Å². The minimum atomic E-state index is -0.0208. The van der Waals surface area contributed by atoms with Gasteiger partial charge < -0.3 is 0 Å². The molecular weight excluding hydrogens is 212 g/mol. The van der Waals surface area contributed by atoms with Crippen LogP contribution in [0.3, 0.4) is 0 Å². The van der Waals surface area contributed by atoms with Crippen LogP contribution in [0.25, 0.3) is 0 Å². The van der Waals surface area contributed by atoms with Gasteiger partial charge in [-0.25, -0.2) is 4.98 Å². The molecule has 1 fully saturated rings. The zero-order chi connectivity index (χ0) is 10.8. The van der Waals surface area contributed by atoms with E-state index in [9.17, 15) is 4.79 Å². The smallest absolute Gasteiger partial charge is 0.254 e. The van der Waals surface area contributed by atoms with E-state index in [2.05, 4.69) is 4.98 Å². The maximum Gasteiger partial charge on any atom is 0.254 e. The summed E-state index contributed by atoms with van der Waals surface area (Å²) < 4.78 is 1.75. The molecule has 0 unspecified atom stereocenters. The van der Waals surface area contributed by atoms with Crippen molar-refractivity contribution in [2.45, 2.75) is 39.2 Å². The maximum atomic E-state index is 11.7. The van der Waals surface area contributed by atoms with Gasteiger partial charge >= 0.3 is 0 Å². The molecule has 0 saturated heterocycles. The Morgan fingerprint density at radius 3 is 2.93 bits per heavy atom. The van der Waals surface area contributed by atoms with Crippen LogP contribution in [0, 0.1) is 5.92 Å². The molecule has 1 aromatic heterocycles. The quantitative estimate of drug-likeness (QED) is 0.739. The van der Waals surface area contributed by atoms with E-state index in [4.69, 9.17) is 11.6 Å². The molecule has 2 rings (SSSR count). The van der Waals surface area contributed by atoms with Gasteiger partial charge in [0, 0.05) is 19.0 Å². The van der Waals surface area contributed by atoms with Crippen molar-refractivity contribution in [1.82, 2.24) is 9.55 Å². The largest absolute Gasteiger partial charge is 0.297 e. The number of hydrogen-bond donors (Lipinski definition) is 0. The van der Waals surface area contributed by atoms with Crippen LogP contribution in [-0.4, -0.2) is 9.55 Å². The third kappa shape index (κ3) is 2.59. The lowest BCUT2D eigenvalue weighted by atomic mass is 10.3. The first kappa shape index (κ1) is 10.7. The van der Waals surface area contributed by atoms with E-state index in [1.807, 2.05) is 6.92 Å². The van der Waals surface area contributed by atoms with Crippen molar-refractivity contribution in [3.8, 4) is 0 Å². The number of hydrogen-bond acceptors (Lipinski definition) is 2. The topological polar surface area (TPSA) is 34.9 Å². The van der Waals surface area contributed by atoms with Crippen molar-refractivity contribution >= 4 is 11.6 Å². The monoisotopic (exact) mass is 226 g/mol. The second kappa shape index (κ2) is 4.35. The van der Waals surface area contributed by atoms with E-state index in [0.717, 1.165) is 31.1 Å². The lowest BCUT2D eigenvalue weighted by molar-refractivity contribution is 0.550. The first-order valence-electron chi connectivity index (χ1n) is 5.47. The highest BCUT2D eigenvalue weighted by atomic mass is 35.5. The van der Waals surface area contributed by atoms with Crippen LogP contribution in [0.5, 0.6) is 0 Å². The maximum absolute atomic E-state index is 11.7. The van der Waals surface area contributed by atoms with Gasteiger partial charge in [-0.3, -0.25) is 9.36 Å². The molecule has 0 bridgehead atoms. The minimum absolute atomic E-state index is 0.0208. The molecule has 1 aromatic rings. The van der Waals surface area contributed by atoms with Gasteiger partial charge in [0.05, 0.1) is 0 Å². The Bertz CT molecular complexity index is 410. The summed E-state index contributed by atoms with van der Waals surface area (Å²) in [6.45, 7) is 2.78. The van der Waals surface area contributed by atoms with E-state index in [0.29, 0.717) is 5.15 Å². The van der Waals surface area contributed by atoms with Gasteiger partial charge in [0.1, 0.15) is 11.0 Å². The summed E-state index contributed by atoms with van der Waals surface area (Å²) in [4.78, 5) is 15.9. The molecule has 0 spiro atoms. The van der Waals surface area contributed by atoms with Crippen molar-refractivity contribution in [3.63, 3.8) is 0 Å². The lowest BCUT2D eigenvalue weighted by Crippen LogP contribution is -2.24. The fourth-order valence-electron chi connectivity index (χ4n) is 1.75. The molecule has 0 aromatic carbocycles. The summed E-state index contributed by atoms with van der Waals surface area (Å²) in [5.74, 6) is 1.63. The van der Waals surface area contributed by atoms with E-state index in [-0.39, 0.29) is 5.56 Å². The van der Waals surface area contributed by atoms with E-state index in [1.165, 1.54) is 18.9 Å². The van der Waals surface area contributed by atoms with Gasteiger partial charge in [-0.05, 0) is 12.3 Å². The predicted molar refractivity (Wildman–Crippen MR) is 60.2 cm³/mol. The van der Waals surface area contributed by atoms with Crippen molar-refractivity contribution in [1.29, 1.82) is 0 Å². The minimum Gasteiger partial charge on any atom is -0.297 e. The highest BCUT2D eigenvalue weighted by molar-refractivity contribution is 6.29. The highest BCUT2D eigenvalue weighted by Crippen LogP contribution is 2.32. The fraction of sp³-hybridized carbons (Fsp3) is 0.636. The van der Waals surface area contributed by atoms with Crippen molar-refractivity contribution in [3.05, 3.63) is 27.4 Å². The molecular formula is C11H15ClN2O. The molecule has 0 aliphatic heterocycles. The van der Waals surface area contributed by atoms with Crippen LogP contribution in [0.4, 0.5) is 0 Å². The molecule has 1 heterocycles. The Labute approximate surface area is 94.1 Å². The van der Waals surface area contributed by atoms with Gasteiger partial charge in [0.25, 0.3) is 5.56 Å². The zero-order valence-corrected chi connectivity index (χ0v) is 9.63. The summed E-state index contributed by atoms with van der Waals surface area (Å²) in [7, 11) is 0. The van der Waals surface area contributed by atoms with Gasteiger partial charge in [0.2, 0.25) is 0 Å². The van der Waals surface area contributed by atoms with Crippen LogP contribution < -0.4 is 5.56 Å². The Morgan fingerprint density at radius 1 is 1.60 bits per heavy atom. The number of halogens is 1. The summed E-state index contributed by atoms with van der Waals surface area (Å²) in [5, 5.41) is 0.305. The molecule has 0 amide bonds. The van der Waals surface area contributed by atoms with E-state index in [1.54, 1.807) is 4.57 Å². The summed E-state index contributed by atoms with van der Waals surface area (Å²) in [6.07, 6.45) is 4.48. The molecule has 0 atom stereocenters. The molecule has 82 valence electrons. The average molecular weight is 227 g/mol. The SMILES string of the molecule is CCc1nc(Cl)cc(=O)n1CCC1CC1. The van der Waals surface area contributed by atoms with Gasteiger partial charge in [0.15, 0.2) is 0 Å². The van der Waals surface area contributed by atoms with Crippen molar-refractivity contribution in [2.75, 3.05) is 0 Å². The number of aromatic nitrogens is 2. The molecule has 1 aliphatic rings. The Morgan fingerprint density at radius 2 is 2.33 bits per heavy atom. The summed E-state index contributed by atoms with van der Waals surface area (Å²) in [5.41, 5.74) is -0.0208. The highest BCUT2D eigenvalue weighted by Gasteiger charge is 2.21. The van der Waals surface area contributed by atoms with Gasteiger partial charge in [-0.2, -0.15) is 0 Å². The summed E-state index contributed by atoms with van der Waals surface area (Å²) in [6, 6.07) is 1.40. The summed E-state index contributed by atoms with van der Waals surface area (Å²) >= 11 is 5.75. The first-order valence-corrected chi connectivity index (χ1v) is 5.84. The second-order valence-corrected chi connectivity index (χ2v) is 4.46. The number of aryl methyl sites for hydroxylation is 1. The normalized spacial score (nSPS) is 15.6. The van der Waals surface area contributed by atoms with Crippen molar-refractivity contribution in [2.24, 2.45) is 5.92 Å². The Balaban J connectivity index is 2.22. The Kier molecular flexibility index (Phi) is 3.10. The average Bonchev–Trinajstić information content (AvgIpc) is 2.99. The molecule has 4 heteroatoms. The standard InChI is InChI=1S/C11H15ClN2O/c1-2-10-13-9(12)7-11(15)14(10)6-5-8-3-4-8/h7-8H,2-6H2,1H3. The molecule has 15 heavy (non-hydrogen) atoms. The third-order valence-electron chi connectivity index (χ3n) is 2.83. The zero-order valence-electron chi connectivity index (χ0n) is 8.87. The third-order valence-corrected chi connectivity index (χ3v) is 3.02. The molecule has 0 N–H and O–H groups in total. The predicted octanol–water partition coefficient (Wildman–Crippen LogP) is 2.26. The van der Waals surface area contributed by atoms with Crippen LogP contribution in [0.1, 0.15) is 32.0 Å².